The highest BCUT2D eigenvalue weighted by molar-refractivity contribution is 7.14. The molecule has 0 radical (unpaired) electrons. The molecule has 1 aliphatic rings. The van der Waals surface area contributed by atoms with Crippen LogP contribution in [0.5, 0.6) is 11.5 Å². The van der Waals surface area contributed by atoms with Gasteiger partial charge in [-0.1, -0.05) is 36.8 Å². The summed E-state index contributed by atoms with van der Waals surface area (Å²) >= 11 is 1.42. The fourth-order valence-electron chi connectivity index (χ4n) is 2.92. The summed E-state index contributed by atoms with van der Waals surface area (Å²) in [5.74, 6) is 1.20. The molecule has 0 fully saturated rings. The summed E-state index contributed by atoms with van der Waals surface area (Å²) in [6.07, 6.45) is 10.7. The molecule has 1 aromatic heterocycles. The van der Waals surface area contributed by atoms with Gasteiger partial charge in [0.1, 0.15) is 11.5 Å². The van der Waals surface area contributed by atoms with Crippen LogP contribution in [0.15, 0.2) is 53.5 Å². The van der Waals surface area contributed by atoms with Crippen LogP contribution in [0.25, 0.3) is 5.57 Å². The van der Waals surface area contributed by atoms with E-state index in [9.17, 15) is 4.79 Å². The molecule has 2 aromatic rings. The molecular formula is C22H24N2O3S. The summed E-state index contributed by atoms with van der Waals surface area (Å²) < 4.78 is 10.6. The van der Waals surface area contributed by atoms with Gasteiger partial charge in [-0.05, 0) is 31.0 Å². The molecule has 1 aliphatic carbocycles. The first kappa shape index (κ1) is 19.9. The molecule has 6 heteroatoms. The maximum absolute atomic E-state index is 12.5. The average Bonchev–Trinajstić information content (AvgIpc) is 3.03. The Labute approximate surface area is 169 Å². The minimum Gasteiger partial charge on any atom is -0.497 e. The fourth-order valence-corrected chi connectivity index (χ4v) is 3.66. The third-order valence-electron chi connectivity index (χ3n) is 4.52. The van der Waals surface area contributed by atoms with Crippen LogP contribution in [0.4, 0.5) is 5.13 Å². The number of methoxy groups -OCH3 is 2. The standard InChI is InChI=1S/C22H24N2O3S/c1-4-15-6-5-7-16(9-8-15)19-14-28-22(23-19)24-21(25)13-17-12-18(26-2)10-11-20(17)27-3/h5,7-12,14H,4,6,13H2,1-3H3,(H,23,24,25). The third-order valence-corrected chi connectivity index (χ3v) is 5.27. The van der Waals surface area contributed by atoms with Crippen molar-refractivity contribution < 1.29 is 14.3 Å². The highest BCUT2D eigenvalue weighted by Crippen LogP contribution is 2.27. The van der Waals surface area contributed by atoms with Gasteiger partial charge in [0.05, 0.1) is 26.3 Å². The van der Waals surface area contributed by atoms with Crippen LogP contribution in [0.3, 0.4) is 0 Å². The first-order valence-corrected chi connectivity index (χ1v) is 10.0. The Morgan fingerprint density at radius 2 is 2.11 bits per heavy atom. The number of thiazole rings is 1. The lowest BCUT2D eigenvalue weighted by molar-refractivity contribution is -0.115. The van der Waals surface area contributed by atoms with Crippen LogP contribution in [-0.2, 0) is 11.2 Å². The second kappa shape index (κ2) is 9.37. The van der Waals surface area contributed by atoms with Crippen LogP contribution in [0.2, 0.25) is 0 Å². The Kier molecular flexibility index (Phi) is 6.66. The number of nitrogens with one attached hydrogen (secondary N) is 1. The molecule has 28 heavy (non-hydrogen) atoms. The summed E-state index contributed by atoms with van der Waals surface area (Å²) in [6.45, 7) is 2.16. The Morgan fingerprint density at radius 1 is 1.25 bits per heavy atom. The number of anilines is 1. The molecule has 0 spiro atoms. The van der Waals surface area contributed by atoms with Gasteiger partial charge in [-0.15, -0.1) is 11.3 Å². The minimum absolute atomic E-state index is 0.147. The SMILES string of the molecule is CCC1=CC=C(c2csc(NC(=O)Cc3cc(OC)ccc3OC)n2)C=CC1. The van der Waals surface area contributed by atoms with Crippen molar-refractivity contribution in [2.75, 3.05) is 19.5 Å². The molecule has 0 saturated carbocycles. The number of nitrogens with zero attached hydrogens (tertiary/aromatic N) is 1. The molecule has 1 amide bonds. The summed E-state index contributed by atoms with van der Waals surface area (Å²) in [7, 11) is 3.18. The van der Waals surface area contributed by atoms with Crippen LogP contribution >= 0.6 is 11.3 Å². The highest BCUT2D eigenvalue weighted by atomic mass is 32.1. The van der Waals surface area contributed by atoms with Gasteiger partial charge < -0.3 is 14.8 Å². The fraction of sp³-hybridized carbons (Fsp3) is 0.273. The molecule has 1 aromatic carbocycles. The number of carbonyl (C=O) groups excluding carboxylic acids is 1. The van der Waals surface area contributed by atoms with Gasteiger partial charge in [-0.2, -0.15) is 0 Å². The molecule has 0 saturated heterocycles. The predicted octanol–water partition coefficient (Wildman–Crippen LogP) is 5.02. The Hall–Kier alpha value is -2.86. The molecule has 1 heterocycles. The Balaban J connectivity index is 1.69. The quantitative estimate of drug-likeness (QED) is 0.714. The molecule has 0 aliphatic heterocycles. The zero-order valence-corrected chi connectivity index (χ0v) is 17.1. The van der Waals surface area contributed by atoms with E-state index in [1.54, 1.807) is 26.4 Å². The normalized spacial score (nSPS) is 13.4. The summed E-state index contributed by atoms with van der Waals surface area (Å²) in [5, 5.41) is 5.42. The summed E-state index contributed by atoms with van der Waals surface area (Å²) in [4.78, 5) is 17.1. The molecule has 146 valence electrons. The number of ether oxygens (including phenoxy) is 2. The molecule has 0 bridgehead atoms. The topological polar surface area (TPSA) is 60.5 Å². The van der Waals surface area contributed by atoms with E-state index >= 15 is 0 Å². The van der Waals surface area contributed by atoms with Crippen molar-refractivity contribution in [3.8, 4) is 11.5 Å². The number of hydrogen-bond donors (Lipinski definition) is 1. The first-order chi connectivity index (χ1) is 13.6. The highest BCUT2D eigenvalue weighted by Gasteiger charge is 2.13. The summed E-state index contributed by atoms with van der Waals surface area (Å²) in [5.41, 5.74) is 4.07. The van der Waals surface area contributed by atoms with Crippen molar-refractivity contribution in [3.05, 3.63) is 64.7 Å². The van der Waals surface area contributed by atoms with Gasteiger partial charge in [0, 0.05) is 16.5 Å². The Bertz CT molecular complexity index is 941. The second-order valence-electron chi connectivity index (χ2n) is 6.35. The molecule has 5 nitrogen and oxygen atoms in total. The van der Waals surface area contributed by atoms with Crippen LogP contribution in [0, 0.1) is 0 Å². The monoisotopic (exact) mass is 396 g/mol. The number of aromatic nitrogens is 1. The van der Waals surface area contributed by atoms with E-state index in [0.29, 0.717) is 16.6 Å². The lowest BCUT2D eigenvalue weighted by Gasteiger charge is -2.10. The summed E-state index contributed by atoms with van der Waals surface area (Å²) in [6, 6.07) is 5.41. The number of allylic oxidation sites excluding steroid dienone is 6. The second-order valence-corrected chi connectivity index (χ2v) is 7.21. The predicted molar refractivity (Wildman–Crippen MR) is 114 cm³/mol. The van der Waals surface area contributed by atoms with Gasteiger partial charge in [0.15, 0.2) is 5.13 Å². The lowest BCUT2D eigenvalue weighted by Crippen LogP contribution is -2.15. The smallest absolute Gasteiger partial charge is 0.230 e. The maximum atomic E-state index is 12.5. The minimum atomic E-state index is -0.147. The van der Waals surface area contributed by atoms with Crippen molar-refractivity contribution in [1.29, 1.82) is 0 Å². The zero-order valence-electron chi connectivity index (χ0n) is 16.3. The van der Waals surface area contributed by atoms with Crippen molar-refractivity contribution in [1.82, 2.24) is 4.98 Å². The van der Waals surface area contributed by atoms with Crippen molar-refractivity contribution in [3.63, 3.8) is 0 Å². The van der Waals surface area contributed by atoms with Crippen LogP contribution in [0.1, 0.15) is 31.0 Å². The van der Waals surface area contributed by atoms with Gasteiger partial charge in [0.2, 0.25) is 5.91 Å². The van der Waals surface area contributed by atoms with Crippen LogP contribution in [-0.4, -0.2) is 25.1 Å². The van der Waals surface area contributed by atoms with Crippen molar-refractivity contribution in [2.24, 2.45) is 0 Å². The van der Waals surface area contributed by atoms with E-state index in [2.05, 4.69) is 41.5 Å². The number of rotatable bonds is 7. The first-order valence-electron chi connectivity index (χ1n) is 9.15. The average molecular weight is 397 g/mol. The van der Waals surface area contributed by atoms with Crippen molar-refractivity contribution in [2.45, 2.75) is 26.2 Å². The zero-order chi connectivity index (χ0) is 19.9. The van der Waals surface area contributed by atoms with Gasteiger partial charge in [-0.25, -0.2) is 4.98 Å². The largest absolute Gasteiger partial charge is 0.497 e. The van der Waals surface area contributed by atoms with E-state index in [1.807, 2.05) is 11.4 Å². The molecule has 0 unspecified atom stereocenters. The number of amides is 1. The van der Waals surface area contributed by atoms with Crippen molar-refractivity contribution >= 4 is 27.9 Å². The molecular weight excluding hydrogens is 372 g/mol. The molecule has 0 atom stereocenters. The van der Waals surface area contributed by atoms with Crippen LogP contribution < -0.4 is 14.8 Å². The molecule has 1 N–H and O–H groups in total. The molecule has 3 rings (SSSR count). The third kappa shape index (κ3) is 4.89. The maximum Gasteiger partial charge on any atom is 0.230 e. The van der Waals surface area contributed by atoms with E-state index < -0.39 is 0 Å². The van der Waals surface area contributed by atoms with E-state index in [4.69, 9.17) is 9.47 Å². The Morgan fingerprint density at radius 3 is 2.86 bits per heavy atom. The lowest BCUT2D eigenvalue weighted by atomic mass is 10.1. The number of benzene rings is 1. The van der Waals surface area contributed by atoms with Gasteiger partial charge in [0.25, 0.3) is 0 Å². The van der Waals surface area contributed by atoms with E-state index in [1.165, 1.54) is 16.9 Å². The van der Waals surface area contributed by atoms with E-state index in [-0.39, 0.29) is 12.3 Å². The van der Waals surface area contributed by atoms with Gasteiger partial charge in [-0.3, -0.25) is 4.79 Å². The van der Waals surface area contributed by atoms with Gasteiger partial charge >= 0.3 is 0 Å². The number of carbonyl (C=O) groups is 1. The number of hydrogen-bond acceptors (Lipinski definition) is 5. The van der Waals surface area contributed by atoms with E-state index in [0.717, 1.165) is 29.7 Å².